The number of ether oxygens (including phenoxy) is 1. The van der Waals surface area contributed by atoms with E-state index in [1.807, 2.05) is 36.4 Å². The molecule has 1 heterocycles. The van der Waals surface area contributed by atoms with Crippen molar-refractivity contribution in [1.82, 2.24) is 5.32 Å². The fraction of sp³-hybridized carbons (Fsp3) is 0.355. The summed E-state index contributed by atoms with van der Waals surface area (Å²) in [6, 6.07) is 29.3. The highest BCUT2D eigenvalue weighted by molar-refractivity contribution is 5.81. The average Bonchev–Trinajstić information content (AvgIpc) is 2.90. The lowest BCUT2D eigenvalue weighted by Gasteiger charge is -2.34. The van der Waals surface area contributed by atoms with Gasteiger partial charge in [0, 0.05) is 25.2 Å². The lowest BCUT2D eigenvalue weighted by atomic mass is 9.86. The first kappa shape index (κ1) is 25.5. The number of hydrogen-bond donors (Lipinski definition) is 1. The van der Waals surface area contributed by atoms with Gasteiger partial charge in [-0.3, -0.25) is 4.79 Å². The van der Waals surface area contributed by atoms with Crippen LogP contribution >= 0.6 is 0 Å². The van der Waals surface area contributed by atoms with Gasteiger partial charge in [0.05, 0.1) is 6.07 Å². The molecule has 0 radical (unpaired) electrons. The second-order valence-corrected chi connectivity index (χ2v) is 10.00. The number of anilines is 1. The summed E-state index contributed by atoms with van der Waals surface area (Å²) < 4.78 is 6.51. The Morgan fingerprint density at radius 3 is 2.39 bits per heavy atom. The Morgan fingerprint density at radius 1 is 1.03 bits per heavy atom. The van der Waals surface area contributed by atoms with Gasteiger partial charge in [0.2, 0.25) is 5.91 Å². The molecule has 3 aromatic carbocycles. The van der Waals surface area contributed by atoms with Gasteiger partial charge in [-0.1, -0.05) is 86.6 Å². The first-order valence-corrected chi connectivity index (χ1v) is 12.7. The van der Waals surface area contributed by atoms with E-state index in [0.29, 0.717) is 12.3 Å². The van der Waals surface area contributed by atoms with Crippen LogP contribution in [-0.4, -0.2) is 32.1 Å². The average molecular weight is 482 g/mol. The van der Waals surface area contributed by atoms with E-state index in [4.69, 9.17) is 10.00 Å². The molecule has 186 valence electrons. The minimum absolute atomic E-state index is 0.0273. The standard InChI is InChI=1S/C31H35N3O2/c1-22(2)19-29(31(35)33-18-17-32)36-30(24-9-5-4-6-10-24)25-15-13-23(14-16-25)27-20-26-11-7-8-12-28(26)34(3)21-27/h4-16,22,27,29-30H,18-21H2,1-3H3,(H,33,35)/t27-,29-,30?/m0/s1. The maximum absolute atomic E-state index is 12.8. The molecular weight excluding hydrogens is 446 g/mol. The van der Waals surface area contributed by atoms with Crippen LogP contribution in [0.3, 0.4) is 0 Å². The number of carbonyl (C=O) groups excluding carboxylic acids is 1. The van der Waals surface area contributed by atoms with E-state index in [1.54, 1.807) is 0 Å². The normalized spacial score (nSPS) is 16.6. The Kier molecular flexibility index (Phi) is 8.40. The molecule has 1 unspecified atom stereocenters. The number of likely N-dealkylation sites (N-methyl/N-ethyl adjacent to an activating group) is 1. The molecule has 0 aromatic heterocycles. The van der Waals surface area contributed by atoms with Gasteiger partial charge in [-0.05, 0) is 47.1 Å². The summed E-state index contributed by atoms with van der Waals surface area (Å²) in [6.45, 7) is 5.09. The minimum atomic E-state index is -0.647. The molecule has 1 amide bonds. The van der Waals surface area contributed by atoms with E-state index < -0.39 is 6.10 Å². The van der Waals surface area contributed by atoms with Crippen molar-refractivity contribution < 1.29 is 9.53 Å². The van der Waals surface area contributed by atoms with Crippen molar-refractivity contribution in [2.45, 2.75) is 44.8 Å². The molecule has 5 heteroatoms. The molecule has 1 N–H and O–H groups in total. The number of carbonyl (C=O) groups is 1. The second kappa shape index (κ2) is 11.9. The lowest BCUT2D eigenvalue weighted by Crippen LogP contribution is -2.38. The summed E-state index contributed by atoms with van der Waals surface area (Å²) in [7, 11) is 2.16. The van der Waals surface area contributed by atoms with Gasteiger partial charge in [-0.25, -0.2) is 0 Å². The number of para-hydroxylation sites is 1. The smallest absolute Gasteiger partial charge is 0.250 e. The van der Waals surface area contributed by atoms with E-state index >= 15 is 0 Å². The summed E-state index contributed by atoms with van der Waals surface area (Å²) in [6.07, 6.45) is 0.568. The minimum Gasteiger partial charge on any atom is -0.374 e. The molecule has 1 aliphatic rings. The Hall–Kier alpha value is -3.62. The predicted octanol–water partition coefficient (Wildman–Crippen LogP) is 5.62. The fourth-order valence-corrected chi connectivity index (χ4v) is 5.02. The topological polar surface area (TPSA) is 65.4 Å². The summed E-state index contributed by atoms with van der Waals surface area (Å²) in [5, 5.41) is 11.6. The summed E-state index contributed by atoms with van der Waals surface area (Å²) in [5.41, 5.74) is 6.01. The number of nitrogens with zero attached hydrogens (tertiary/aromatic N) is 2. The highest BCUT2D eigenvalue weighted by Crippen LogP contribution is 2.35. The van der Waals surface area contributed by atoms with Crippen molar-refractivity contribution >= 4 is 11.6 Å². The first-order chi connectivity index (χ1) is 17.5. The van der Waals surface area contributed by atoms with Crippen molar-refractivity contribution in [3.05, 3.63) is 101 Å². The first-order valence-electron chi connectivity index (χ1n) is 12.7. The van der Waals surface area contributed by atoms with Crippen LogP contribution in [0.1, 0.15) is 54.5 Å². The van der Waals surface area contributed by atoms with Crippen LogP contribution in [0, 0.1) is 17.2 Å². The van der Waals surface area contributed by atoms with Gasteiger partial charge >= 0.3 is 0 Å². The third-order valence-electron chi connectivity index (χ3n) is 6.80. The van der Waals surface area contributed by atoms with Gasteiger partial charge in [0.25, 0.3) is 0 Å². The molecule has 0 bridgehead atoms. The van der Waals surface area contributed by atoms with Crippen LogP contribution in [0.2, 0.25) is 0 Å². The molecule has 0 saturated carbocycles. The van der Waals surface area contributed by atoms with Crippen molar-refractivity contribution in [2.24, 2.45) is 5.92 Å². The Labute approximate surface area is 214 Å². The molecule has 4 rings (SSSR count). The zero-order valence-corrected chi connectivity index (χ0v) is 21.4. The number of fused-ring (bicyclic) bond motifs is 1. The van der Waals surface area contributed by atoms with Crippen LogP contribution in [0.25, 0.3) is 0 Å². The lowest BCUT2D eigenvalue weighted by molar-refractivity contribution is -0.136. The van der Waals surface area contributed by atoms with E-state index in [1.165, 1.54) is 16.8 Å². The van der Waals surface area contributed by atoms with E-state index in [-0.39, 0.29) is 24.5 Å². The Morgan fingerprint density at radius 2 is 1.69 bits per heavy atom. The molecule has 0 fully saturated rings. The fourth-order valence-electron chi connectivity index (χ4n) is 5.02. The number of hydrogen-bond acceptors (Lipinski definition) is 4. The maximum Gasteiger partial charge on any atom is 0.250 e. The van der Waals surface area contributed by atoms with Gasteiger partial charge in [0.15, 0.2) is 0 Å². The molecule has 0 aliphatic carbocycles. The number of nitriles is 1. The number of benzene rings is 3. The quantitative estimate of drug-likeness (QED) is 0.403. The molecule has 0 spiro atoms. The summed E-state index contributed by atoms with van der Waals surface area (Å²) >= 11 is 0. The van der Waals surface area contributed by atoms with E-state index in [0.717, 1.165) is 24.1 Å². The van der Waals surface area contributed by atoms with Crippen molar-refractivity contribution in [3.63, 3.8) is 0 Å². The van der Waals surface area contributed by atoms with Crippen molar-refractivity contribution in [3.8, 4) is 6.07 Å². The molecule has 3 aromatic rings. The van der Waals surface area contributed by atoms with Crippen molar-refractivity contribution in [1.29, 1.82) is 5.26 Å². The molecule has 1 aliphatic heterocycles. The second-order valence-electron chi connectivity index (χ2n) is 10.00. The third-order valence-corrected chi connectivity index (χ3v) is 6.80. The number of nitrogens with one attached hydrogen (secondary N) is 1. The van der Waals surface area contributed by atoms with Gasteiger partial charge in [0.1, 0.15) is 18.8 Å². The van der Waals surface area contributed by atoms with Crippen LogP contribution in [0.4, 0.5) is 5.69 Å². The van der Waals surface area contributed by atoms with Gasteiger partial charge in [-0.15, -0.1) is 0 Å². The molecular formula is C31H35N3O2. The van der Waals surface area contributed by atoms with E-state index in [9.17, 15) is 4.79 Å². The van der Waals surface area contributed by atoms with Gasteiger partial charge in [-0.2, -0.15) is 5.26 Å². The Bertz CT molecular complexity index is 1180. The van der Waals surface area contributed by atoms with Crippen LogP contribution in [-0.2, 0) is 16.0 Å². The summed E-state index contributed by atoms with van der Waals surface area (Å²) in [4.78, 5) is 15.2. The van der Waals surface area contributed by atoms with Crippen LogP contribution in [0.5, 0.6) is 0 Å². The monoisotopic (exact) mass is 481 g/mol. The van der Waals surface area contributed by atoms with Crippen LogP contribution < -0.4 is 10.2 Å². The maximum atomic E-state index is 12.8. The highest BCUT2D eigenvalue weighted by Gasteiger charge is 2.27. The van der Waals surface area contributed by atoms with Gasteiger partial charge < -0.3 is 15.0 Å². The molecule has 3 atom stereocenters. The molecule has 0 saturated heterocycles. The third kappa shape index (κ3) is 6.13. The SMILES string of the molecule is CC(C)C[C@H](OC(c1ccccc1)c1ccc([C@H]2Cc3ccccc3N(C)C2)cc1)C(=O)NCC#N. The zero-order chi connectivity index (χ0) is 25.5. The predicted molar refractivity (Wildman–Crippen MR) is 144 cm³/mol. The molecule has 5 nitrogen and oxygen atoms in total. The summed E-state index contributed by atoms with van der Waals surface area (Å²) in [5.74, 6) is 0.444. The highest BCUT2D eigenvalue weighted by atomic mass is 16.5. The van der Waals surface area contributed by atoms with Crippen LogP contribution in [0.15, 0.2) is 78.9 Å². The number of rotatable bonds is 9. The Balaban J connectivity index is 1.59. The van der Waals surface area contributed by atoms with Crippen molar-refractivity contribution in [2.75, 3.05) is 25.0 Å². The van der Waals surface area contributed by atoms with E-state index in [2.05, 4.69) is 79.6 Å². The largest absolute Gasteiger partial charge is 0.374 e. The number of amides is 1. The molecule has 36 heavy (non-hydrogen) atoms. The zero-order valence-electron chi connectivity index (χ0n) is 21.4.